The Morgan fingerprint density at radius 1 is 0.322 bits per heavy atom. The third-order valence-electron chi connectivity index (χ3n) is 26.1. The average Bonchev–Trinajstić information content (AvgIpc) is 0.780. The van der Waals surface area contributed by atoms with E-state index in [9.17, 15) is 54.7 Å². The van der Waals surface area contributed by atoms with Gasteiger partial charge >= 0.3 is 0 Å². The van der Waals surface area contributed by atoms with Gasteiger partial charge < -0.3 is 40.2 Å². The van der Waals surface area contributed by atoms with Crippen molar-refractivity contribution in [3.05, 3.63) is 269 Å². The van der Waals surface area contributed by atoms with Crippen LogP contribution in [0.25, 0.3) is 87.1 Å². The Hall–Kier alpha value is -14.9. The summed E-state index contributed by atoms with van der Waals surface area (Å²) in [5.41, 5.74) is 11.6. The maximum Gasteiger partial charge on any atom is 0.226 e. The van der Waals surface area contributed by atoms with Gasteiger partial charge in [-0.1, -0.05) is 133 Å². The second kappa shape index (κ2) is 44.4. The van der Waals surface area contributed by atoms with E-state index >= 15 is 0 Å². The maximum absolute atomic E-state index is 11.9. The van der Waals surface area contributed by atoms with Gasteiger partial charge in [-0.25, -0.2) is 70.8 Å². The minimum absolute atomic E-state index is 0.119. The molecular formula is C106H106ClN23O12S4. The first-order valence-electron chi connectivity index (χ1n) is 47.7. The predicted octanol–water partition coefficient (Wildman–Crippen LogP) is 17.7. The van der Waals surface area contributed by atoms with Crippen LogP contribution in [0, 0.1) is 52.2 Å². The molecule has 40 heteroatoms. The highest BCUT2D eigenvalue weighted by molar-refractivity contribution is 7.89. The van der Waals surface area contributed by atoms with Crippen LogP contribution in [0.5, 0.6) is 23.5 Å². The fraction of sp³-hybridized carbons (Fsp3) is 0.311. The number of fused-ring (bicyclic) bond motifs is 8. The number of rotatable bonds is 24. The van der Waals surface area contributed by atoms with Crippen molar-refractivity contribution in [3.8, 4) is 47.8 Å². The molecular weight excluding hydrogens is 1950 g/mol. The summed E-state index contributed by atoms with van der Waals surface area (Å²) in [5.74, 6) is 3.40. The van der Waals surface area contributed by atoms with Crippen LogP contribution >= 0.6 is 11.6 Å². The zero-order chi connectivity index (χ0) is 103. The van der Waals surface area contributed by atoms with Crippen LogP contribution in [0.2, 0.25) is 5.02 Å². The second-order valence-electron chi connectivity index (χ2n) is 36.4. The van der Waals surface area contributed by atoms with Gasteiger partial charge in [-0.15, -0.1) is 0 Å². The van der Waals surface area contributed by atoms with Gasteiger partial charge in [0, 0.05) is 104 Å². The molecule has 4 aliphatic rings. The van der Waals surface area contributed by atoms with Gasteiger partial charge in [0.25, 0.3) is 0 Å². The normalized spacial score (nSPS) is 16.0. The molecule has 4 atom stereocenters. The summed E-state index contributed by atoms with van der Waals surface area (Å²) in [5, 5.41) is 60.5. The van der Waals surface area contributed by atoms with Crippen LogP contribution < -0.4 is 40.2 Å². The van der Waals surface area contributed by atoms with Gasteiger partial charge in [0.05, 0.1) is 160 Å². The molecule has 0 spiro atoms. The van der Waals surface area contributed by atoms with E-state index in [-0.39, 0.29) is 48.6 Å². The van der Waals surface area contributed by atoms with Gasteiger partial charge in [0.15, 0.2) is 17.5 Å². The fourth-order valence-corrected chi connectivity index (χ4v) is 22.0. The standard InChI is InChI=1S/C27H28N6O3S.C27H27N5O3S.C26H25ClN6O3S.C26H26N6O3S/c1-17-7-6-10-23-24(17)27(36-20-11-13-33(14-12-20)37(3,34)35)32-26(31-23)18(2)30-25-19(15-28)16-29-22-9-5-4-8-21(22)25;1-18(30-26-20(16-28)17-29-24-10-6-5-9-23(24)26)25-15-19-7-3-4-8-22(19)27(31-25)35-21-11-13-32(14-12-21)36(2,33)34;1-16(30-24-17(14-28)15-29-21-8-4-3-6-19(21)24)25-31-22-9-5-7-20(27)23(22)26(32-25)36-18-10-12-33(13-11-18)37(2,34)35;1-17(29-24-18(15-27)16-28-22-9-5-3-7-20(22)24)25-30-23-10-6-4-8-21(23)26(31-25)35-19-11-13-32(14-12-19)36(2,33)34/h4-10,16,18,20H,11-14H2,1-3H3,(H,29,30);3-10,15,17-18,21H,11-14H2,1-2H3,(H,29,30);3-9,15-16,18H,10-13H2,1-2H3,(H,29,30);3-10,16-17,19H,11-14H2,1-2H3,(H,28,29)/t2*18-;16-;17-/m0000/s1. The largest absolute Gasteiger partial charge is 0.474 e. The molecule has 20 rings (SSSR count). The SMILES string of the molecule is C[C@H](Nc1c(C#N)cnc2ccccc12)c1cc2ccccc2c(OC2CCN(S(C)(=O)=O)CC2)n1.C[C@H](Nc1c(C#N)cnc2ccccc12)c1nc(OC2CCN(S(C)(=O)=O)CC2)c2c(Cl)cccc2n1.C[C@H](Nc1c(C#N)cnc2ccccc12)c1nc(OC2CCN(S(C)(=O)=O)CC2)c2ccccc2n1.Cc1cccc2nc([C@H](C)Nc3c(C#N)cnc4ccccc34)nc(OC3CCN(S(C)(=O)=O)CC3)c12. The van der Waals surface area contributed by atoms with Crippen LogP contribution in [0.15, 0.2) is 213 Å². The summed E-state index contributed by atoms with van der Waals surface area (Å²) >= 11 is 6.52. The van der Waals surface area contributed by atoms with Crippen LogP contribution in [0.1, 0.15) is 154 Å². The van der Waals surface area contributed by atoms with Crippen molar-refractivity contribution in [2.45, 2.75) is 135 Å². The molecule has 16 aromatic rings. The lowest BCUT2D eigenvalue weighted by Gasteiger charge is -2.30. The van der Waals surface area contributed by atoms with Crippen molar-refractivity contribution in [1.82, 2.24) is 72.0 Å². The molecule has 0 saturated carbocycles. The highest BCUT2D eigenvalue weighted by Crippen LogP contribution is 2.41. The monoisotopic (exact) mass is 2060 g/mol. The Morgan fingerprint density at radius 2 is 0.596 bits per heavy atom. The topological polar surface area (TPSA) is 472 Å². The number of nitriles is 4. The first kappa shape index (κ1) is 103. The molecule has 35 nitrogen and oxygen atoms in total. The lowest BCUT2D eigenvalue weighted by Crippen LogP contribution is -2.41. The van der Waals surface area contributed by atoms with Crippen molar-refractivity contribution in [3.63, 3.8) is 0 Å². The van der Waals surface area contributed by atoms with Crippen LogP contribution in [-0.4, -0.2) is 208 Å². The van der Waals surface area contributed by atoms with Crippen LogP contribution in [0.3, 0.4) is 0 Å². The number of pyridine rings is 5. The van der Waals surface area contributed by atoms with E-state index in [1.54, 1.807) is 30.9 Å². The van der Waals surface area contributed by atoms with E-state index < -0.39 is 40.1 Å². The molecule has 0 bridgehead atoms. The van der Waals surface area contributed by atoms with Gasteiger partial charge in [-0.2, -0.15) is 36.0 Å². The van der Waals surface area contributed by atoms with Crippen molar-refractivity contribution in [1.29, 1.82) is 21.0 Å². The summed E-state index contributed by atoms with van der Waals surface area (Å²) in [6, 6.07) is 67.2. The van der Waals surface area contributed by atoms with Gasteiger partial charge in [0.2, 0.25) is 63.6 Å². The van der Waals surface area contributed by atoms with Gasteiger partial charge in [-0.3, -0.25) is 19.9 Å². The first-order valence-corrected chi connectivity index (χ1v) is 55.5. The molecule has 8 aromatic heterocycles. The molecule has 8 aromatic carbocycles. The van der Waals surface area contributed by atoms with Crippen molar-refractivity contribution >= 4 is 162 Å². The number of para-hydroxylation sites is 5. The van der Waals surface area contributed by atoms with Crippen molar-refractivity contribution in [2.24, 2.45) is 0 Å². The summed E-state index contributed by atoms with van der Waals surface area (Å²) in [4.78, 5) is 51.1. The quantitative estimate of drug-likeness (QED) is 0.0436. The second-order valence-corrected chi connectivity index (χ2v) is 44.8. The molecule has 0 radical (unpaired) electrons. The number of hydrogen-bond donors (Lipinski definition) is 4. The van der Waals surface area contributed by atoms with E-state index in [1.807, 2.05) is 217 Å². The molecule has 4 fully saturated rings. The average molecular weight is 2060 g/mol. The minimum Gasteiger partial charge on any atom is -0.474 e. The number of aromatic nitrogens is 11. The van der Waals surface area contributed by atoms with E-state index in [1.165, 1.54) is 42.2 Å². The fourth-order valence-electron chi connectivity index (χ4n) is 18.3. The third kappa shape index (κ3) is 23.7. The Balaban J connectivity index is 0.000000133. The van der Waals surface area contributed by atoms with Crippen molar-refractivity contribution < 1.29 is 52.6 Å². The Bertz CT molecular complexity index is 7860. The number of hydrogen-bond acceptors (Lipinski definition) is 31. The molecule has 0 unspecified atom stereocenters. The maximum atomic E-state index is 11.9. The van der Waals surface area contributed by atoms with Gasteiger partial charge in [0.1, 0.15) is 48.7 Å². The summed E-state index contributed by atoms with van der Waals surface area (Å²) in [6.07, 6.45) is 15.2. The van der Waals surface area contributed by atoms with Crippen LogP contribution in [-0.2, 0) is 40.1 Å². The number of aryl methyl sites for hydroxylation is 1. The zero-order valence-electron chi connectivity index (χ0n) is 81.5. The number of sulfonamides is 4. The van der Waals surface area contributed by atoms with Gasteiger partial charge in [-0.05, 0) is 164 Å². The lowest BCUT2D eigenvalue weighted by atomic mass is 10.1. The summed E-state index contributed by atoms with van der Waals surface area (Å²) < 4.78 is 126. The number of nitrogens with one attached hydrogen (secondary N) is 4. The third-order valence-corrected chi connectivity index (χ3v) is 31.6. The molecule has 12 heterocycles. The Morgan fingerprint density at radius 3 is 0.952 bits per heavy atom. The molecule has 146 heavy (non-hydrogen) atoms. The highest BCUT2D eigenvalue weighted by atomic mass is 35.5. The van der Waals surface area contributed by atoms with Crippen molar-refractivity contribution in [2.75, 3.05) is 98.6 Å². The molecule has 0 amide bonds. The van der Waals surface area contributed by atoms with E-state index in [4.69, 9.17) is 65.4 Å². The lowest BCUT2D eigenvalue weighted by molar-refractivity contribution is 0.131. The number of piperidine rings is 4. The molecule has 4 saturated heterocycles. The smallest absolute Gasteiger partial charge is 0.226 e. The molecule has 0 aliphatic carbocycles. The zero-order valence-corrected chi connectivity index (χ0v) is 85.6. The summed E-state index contributed by atoms with van der Waals surface area (Å²) in [6.45, 7) is 13.1. The first-order chi connectivity index (χ1) is 70.1. The molecule has 4 N–H and O–H groups in total. The predicted molar refractivity (Wildman–Crippen MR) is 564 cm³/mol. The number of ether oxygens (including phenoxy) is 4. The molecule has 4 aliphatic heterocycles. The number of benzene rings is 8. The van der Waals surface area contributed by atoms with E-state index in [0.29, 0.717) is 200 Å². The molecule has 748 valence electrons. The highest BCUT2D eigenvalue weighted by Gasteiger charge is 2.34. The number of anilines is 4. The Labute approximate surface area is 851 Å². The Kier molecular flexibility index (Phi) is 31.2. The number of halogens is 1. The summed E-state index contributed by atoms with van der Waals surface area (Å²) in [7, 11) is -12.9. The van der Waals surface area contributed by atoms with E-state index in [0.717, 1.165) is 93.1 Å². The minimum atomic E-state index is -3.24. The van der Waals surface area contributed by atoms with E-state index in [2.05, 4.69) is 65.5 Å². The van der Waals surface area contributed by atoms with Crippen LogP contribution in [0.4, 0.5) is 22.7 Å². The number of nitrogens with zero attached hydrogens (tertiary/aromatic N) is 19.